The average molecular weight is 296 g/mol. The summed E-state index contributed by atoms with van der Waals surface area (Å²) in [6.45, 7) is 0.900. The molecule has 0 spiro atoms. The van der Waals surface area contributed by atoms with Crippen LogP contribution in [0.1, 0.15) is 31.2 Å². The summed E-state index contributed by atoms with van der Waals surface area (Å²) in [7, 11) is 3.17. The first-order chi connectivity index (χ1) is 10.2. The first-order valence-corrected chi connectivity index (χ1v) is 7.03. The van der Waals surface area contributed by atoms with Gasteiger partial charge in [0.15, 0.2) is 0 Å². The van der Waals surface area contributed by atoms with Gasteiger partial charge in [-0.3, -0.25) is 9.63 Å². The van der Waals surface area contributed by atoms with E-state index in [4.69, 9.17) is 20.0 Å². The molecule has 0 aromatic heterocycles. The highest BCUT2D eigenvalue weighted by Crippen LogP contribution is 2.24. The van der Waals surface area contributed by atoms with Crippen molar-refractivity contribution in [1.29, 1.82) is 0 Å². The van der Waals surface area contributed by atoms with E-state index in [1.807, 2.05) is 12.1 Å². The minimum absolute atomic E-state index is 0.125. The van der Waals surface area contributed by atoms with Gasteiger partial charge in [-0.1, -0.05) is 6.42 Å². The molecule has 21 heavy (non-hydrogen) atoms. The fourth-order valence-corrected chi connectivity index (χ4v) is 1.82. The summed E-state index contributed by atoms with van der Waals surface area (Å²) in [6.07, 6.45) is 3.16. The van der Waals surface area contributed by atoms with Crippen molar-refractivity contribution in [2.75, 3.05) is 20.8 Å². The lowest BCUT2D eigenvalue weighted by Gasteiger charge is -2.11. The molecule has 0 fully saturated rings. The highest BCUT2D eigenvalue weighted by atomic mass is 16.7. The average Bonchev–Trinajstić information content (AvgIpc) is 2.51. The van der Waals surface area contributed by atoms with Crippen molar-refractivity contribution in [3.05, 3.63) is 23.8 Å². The number of hydrogen-bond donors (Lipinski definition) is 2. The van der Waals surface area contributed by atoms with Gasteiger partial charge in [0.05, 0.1) is 14.2 Å². The third-order valence-corrected chi connectivity index (χ3v) is 3.02. The maximum atomic E-state index is 11.5. The monoisotopic (exact) mass is 296 g/mol. The number of carbonyl (C=O) groups excluding carboxylic acids is 1. The summed E-state index contributed by atoms with van der Waals surface area (Å²) in [4.78, 5) is 16.7. The third-order valence-electron chi connectivity index (χ3n) is 3.02. The van der Waals surface area contributed by atoms with E-state index >= 15 is 0 Å². The summed E-state index contributed by atoms with van der Waals surface area (Å²) in [5, 5.41) is 0. The van der Waals surface area contributed by atoms with Crippen LogP contribution in [0, 0.1) is 0 Å². The third kappa shape index (κ3) is 6.46. The van der Waals surface area contributed by atoms with Crippen LogP contribution in [-0.2, 0) is 16.2 Å². The summed E-state index contributed by atoms with van der Waals surface area (Å²) in [5.74, 6) is 1.24. The van der Waals surface area contributed by atoms with E-state index in [-0.39, 0.29) is 12.5 Å². The van der Waals surface area contributed by atoms with E-state index in [2.05, 4.69) is 5.48 Å². The van der Waals surface area contributed by atoms with Crippen LogP contribution < -0.4 is 20.7 Å². The maximum Gasteiger partial charge on any atom is 0.243 e. The quantitative estimate of drug-likeness (QED) is 0.508. The number of hydroxylamine groups is 1. The lowest BCUT2D eigenvalue weighted by atomic mass is 10.2. The molecule has 0 aliphatic carbocycles. The number of hydrogen-bond acceptors (Lipinski definition) is 5. The van der Waals surface area contributed by atoms with Crippen molar-refractivity contribution in [3.8, 4) is 11.5 Å². The van der Waals surface area contributed by atoms with Crippen LogP contribution in [0.5, 0.6) is 11.5 Å². The van der Waals surface area contributed by atoms with Crippen LogP contribution in [0.4, 0.5) is 0 Å². The smallest absolute Gasteiger partial charge is 0.243 e. The summed E-state index contributed by atoms with van der Waals surface area (Å²) < 4.78 is 10.4. The number of rotatable bonds is 10. The first-order valence-electron chi connectivity index (χ1n) is 7.03. The molecule has 0 saturated carbocycles. The molecule has 0 heterocycles. The Bertz CT molecular complexity index is 438. The summed E-state index contributed by atoms with van der Waals surface area (Å²) in [5.41, 5.74) is 8.66. The number of benzene rings is 1. The number of nitrogens with two attached hydrogens (primary N) is 1. The summed E-state index contributed by atoms with van der Waals surface area (Å²) >= 11 is 0. The van der Waals surface area contributed by atoms with Crippen LogP contribution in [0.25, 0.3) is 0 Å². The predicted molar refractivity (Wildman–Crippen MR) is 80.0 cm³/mol. The fraction of sp³-hybridized carbons (Fsp3) is 0.533. The minimum Gasteiger partial charge on any atom is -0.497 e. The molecule has 6 heteroatoms. The van der Waals surface area contributed by atoms with Crippen LogP contribution in [-0.4, -0.2) is 26.7 Å². The highest BCUT2D eigenvalue weighted by molar-refractivity contribution is 5.74. The Morgan fingerprint density at radius 2 is 2.00 bits per heavy atom. The van der Waals surface area contributed by atoms with E-state index in [1.54, 1.807) is 20.3 Å². The molecule has 1 aromatic rings. The number of unbranched alkanes of at least 4 members (excludes halogenated alkanes) is 2. The van der Waals surface area contributed by atoms with E-state index in [9.17, 15) is 4.79 Å². The Hall–Kier alpha value is -1.79. The van der Waals surface area contributed by atoms with E-state index in [0.29, 0.717) is 24.5 Å². The van der Waals surface area contributed by atoms with E-state index in [1.165, 1.54) is 0 Å². The molecule has 0 bridgehead atoms. The zero-order valence-electron chi connectivity index (χ0n) is 12.7. The lowest BCUT2D eigenvalue weighted by molar-refractivity contribution is -0.134. The van der Waals surface area contributed by atoms with Gasteiger partial charge >= 0.3 is 0 Å². The topological polar surface area (TPSA) is 82.8 Å². The predicted octanol–water partition coefficient (Wildman–Crippen LogP) is 1.77. The molecule has 0 saturated heterocycles. The van der Waals surface area contributed by atoms with Crippen molar-refractivity contribution in [1.82, 2.24) is 5.48 Å². The molecule has 1 amide bonds. The van der Waals surface area contributed by atoms with Crippen LogP contribution in [0.3, 0.4) is 0 Å². The molecule has 0 radical (unpaired) electrons. The number of methoxy groups -OCH3 is 2. The Morgan fingerprint density at radius 3 is 2.67 bits per heavy atom. The second kappa shape index (κ2) is 10.0. The minimum atomic E-state index is -0.125. The number of amides is 1. The van der Waals surface area contributed by atoms with E-state index < -0.39 is 0 Å². The standard InChI is InChI=1S/C15H24N2O4/c1-19-13-8-7-12(14(10-13)20-2)11-21-17-15(18)6-4-3-5-9-16/h7-8,10H,3-6,9,11,16H2,1-2H3,(H,17,18). The van der Waals surface area contributed by atoms with Crippen molar-refractivity contribution in [3.63, 3.8) is 0 Å². The zero-order chi connectivity index (χ0) is 15.5. The van der Waals surface area contributed by atoms with Crippen LogP contribution in [0.2, 0.25) is 0 Å². The summed E-state index contributed by atoms with van der Waals surface area (Å²) in [6, 6.07) is 5.42. The van der Waals surface area contributed by atoms with Gasteiger partial charge < -0.3 is 15.2 Å². The molecule has 0 unspecified atom stereocenters. The number of ether oxygens (including phenoxy) is 2. The largest absolute Gasteiger partial charge is 0.497 e. The molecular formula is C15H24N2O4. The molecule has 118 valence electrons. The van der Waals surface area contributed by atoms with Crippen molar-refractivity contribution < 1.29 is 19.1 Å². The molecular weight excluding hydrogens is 272 g/mol. The Kier molecular flexibility index (Phi) is 8.23. The molecule has 0 aliphatic rings. The molecule has 0 atom stereocenters. The van der Waals surface area contributed by atoms with Crippen LogP contribution in [0.15, 0.2) is 18.2 Å². The van der Waals surface area contributed by atoms with E-state index in [0.717, 1.165) is 24.8 Å². The lowest BCUT2D eigenvalue weighted by Crippen LogP contribution is -2.23. The van der Waals surface area contributed by atoms with Gasteiger partial charge in [0, 0.05) is 18.1 Å². The maximum absolute atomic E-state index is 11.5. The Balaban J connectivity index is 2.33. The van der Waals surface area contributed by atoms with Gasteiger partial charge in [-0.25, -0.2) is 5.48 Å². The van der Waals surface area contributed by atoms with Crippen LogP contribution >= 0.6 is 0 Å². The SMILES string of the molecule is COc1ccc(CONC(=O)CCCCCN)c(OC)c1. The van der Waals surface area contributed by atoms with Gasteiger partial charge in [0.25, 0.3) is 0 Å². The zero-order valence-corrected chi connectivity index (χ0v) is 12.7. The number of carbonyl (C=O) groups is 1. The van der Waals surface area contributed by atoms with Gasteiger partial charge in [0.2, 0.25) is 5.91 Å². The second-order valence-electron chi connectivity index (χ2n) is 4.59. The molecule has 0 aliphatic heterocycles. The fourth-order valence-electron chi connectivity index (χ4n) is 1.82. The molecule has 6 nitrogen and oxygen atoms in total. The molecule has 1 rings (SSSR count). The van der Waals surface area contributed by atoms with Gasteiger partial charge in [0.1, 0.15) is 18.1 Å². The normalized spacial score (nSPS) is 10.2. The first kappa shape index (κ1) is 17.3. The van der Waals surface area contributed by atoms with Crippen molar-refractivity contribution in [2.45, 2.75) is 32.3 Å². The van der Waals surface area contributed by atoms with Gasteiger partial charge in [-0.15, -0.1) is 0 Å². The van der Waals surface area contributed by atoms with Gasteiger partial charge in [-0.2, -0.15) is 0 Å². The van der Waals surface area contributed by atoms with Crippen molar-refractivity contribution in [2.24, 2.45) is 5.73 Å². The van der Waals surface area contributed by atoms with Crippen molar-refractivity contribution >= 4 is 5.91 Å². The molecule has 3 N–H and O–H groups in total. The molecule has 1 aromatic carbocycles. The van der Waals surface area contributed by atoms with Gasteiger partial charge in [-0.05, 0) is 31.5 Å². The Morgan fingerprint density at radius 1 is 1.19 bits per heavy atom. The second-order valence-corrected chi connectivity index (χ2v) is 4.59. The Labute approximate surface area is 125 Å². The highest BCUT2D eigenvalue weighted by Gasteiger charge is 2.06. The number of nitrogens with one attached hydrogen (secondary N) is 1.